The van der Waals surface area contributed by atoms with Crippen LogP contribution in [0.15, 0.2) is 12.1 Å². The van der Waals surface area contributed by atoms with Crippen LogP contribution in [0.2, 0.25) is 5.28 Å². The molecule has 0 fully saturated rings. The summed E-state index contributed by atoms with van der Waals surface area (Å²) in [6, 6.07) is 4.03. The van der Waals surface area contributed by atoms with Crippen molar-refractivity contribution in [2.45, 2.75) is 27.7 Å². The van der Waals surface area contributed by atoms with Gasteiger partial charge in [0.05, 0.1) is 18.4 Å². The Morgan fingerprint density at radius 3 is 2.23 bits per heavy atom. The van der Waals surface area contributed by atoms with E-state index in [1.54, 1.807) is 11.6 Å². The Morgan fingerprint density at radius 2 is 1.64 bits per heavy atom. The number of aromatic nitrogens is 4. The number of halogens is 1. The summed E-state index contributed by atoms with van der Waals surface area (Å²) in [5.74, 6) is 1.47. The van der Waals surface area contributed by atoms with Crippen LogP contribution in [0.5, 0.6) is 5.75 Å². The lowest BCUT2D eigenvalue weighted by molar-refractivity contribution is 0.414. The molecule has 3 aromatic rings. The molecule has 0 N–H and O–H groups in total. The zero-order valence-corrected chi connectivity index (χ0v) is 14.0. The smallest absolute Gasteiger partial charge is 0.227 e. The zero-order chi connectivity index (χ0) is 16.0. The van der Waals surface area contributed by atoms with Crippen molar-refractivity contribution in [3.63, 3.8) is 0 Å². The van der Waals surface area contributed by atoms with Crippen molar-refractivity contribution in [2.75, 3.05) is 7.11 Å². The van der Waals surface area contributed by atoms with Gasteiger partial charge in [0.25, 0.3) is 0 Å². The summed E-state index contributed by atoms with van der Waals surface area (Å²) in [7, 11) is 1.67. The third-order valence-electron chi connectivity index (χ3n) is 3.72. The quantitative estimate of drug-likeness (QED) is 0.723. The summed E-state index contributed by atoms with van der Waals surface area (Å²) < 4.78 is 6.92. The second-order valence-corrected chi connectivity index (χ2v) is 5.71. The van der Waals surface area contributed by atoms with Crippen molar-refractivity contribution in [3.05, 3.63) is 40.1 Å². The van der Waals surface area contributed by atoms with Gasteiger partial charge in [-0.3, -0.25) is 0 Å². The Balaban J connectivity index is 2.38. The molecule has 0 saturated carbocycles. The van der Waals surface area contributed by atoms with E-state index in [4.69, 9.17) is 16.3 Å². The molecule has 5 nitrogen and oxygen atoms in total. The fraction of sp³-hybridized carbons (Fsp3) is 0.312. The van der Waals surface area contributed by atoms with E-state index in [0.717, 1.165) is 39.3 Å². The maximum absolute atomic E-state index is 6.19. The zero-order valence-electron chi connectivity index (χ0n) is 13.2. The first kappa shape index (κ1) is 14.8. The molecule has 0 saturated heterocycles. The highest BCUT2D eigenvalue weighted by atomic mass is 35.5. The summed E-state index contributed by atoms with van der Waals surface area (Å²) in [6.07, 6.45) is 0. The van der Waals surface area contributed by atoms with E-state index in [1.165, 1.54) is 0 Å². The van der Waals surface area contributed by atoms with Crippen LogP contribution in [-0.2, 0) is 0 Å². The van der Waals surface area contributed by atoms with Gasteiger partial charge in [-0.15, -0.1) is 0 Å². The number of aryl methyl sites for hydroxylation is 4. The van der Waals surface area contributed by atoms with Gasteiger partial charge in [-0.25, -0.2) is 9.97 Å². The Morgan fingerprint density at radius 1 is 1.00 bits per heavy atom. The van der Waals surface area contributed by atoms with Crippen molar-refractivity contribution in [1.29, 1.82) is 0 Å². The van der Waals surface area contributed by atoms with Gasteiger partial charge in [-0.05, 0) is 68.1 Å². The number of rotatable bonds is 2. The Kier molecular flexibility index (Phi) is 3.53. The number of nitrogens with zero attached hydrogens (tertiary/aromatic N) is 4. The molecular weight excluding hydrogens is 300 g/mol. The Hall–Kier alpha value is -2.14. The molecule has 114 valence electrons. The second-order valence-electron chi connectivity index (χ2n) is 5.37. The molecule has 0 amide bonds. The SMILES string of the molecule is COc1cc(C)c(-c2c(C)nn3c(Cl)nc(C)nc23)c(C)c1. The summed E-state index contributed by atoms with van der Waals surface area (Å²) >= 11 is 6.19. The molecule has 0 aliphatic carbocycles. The highest BCUT2D eigenvalue weighted by molar-refractivity contribution is 6.28. The summed E-state index contributed by atoms with van der Waals surface area (Å²) in [4.78, 5) is 8.69. The lowest BCUT2D eigenvalue weighted by Gasteiger charge is -2.12. The minimum atomic E-state index is 0.320. The molecule has 1 aromatic carbocycles. The summed E-state index contributed by atoms with van der Waals surface area (Å²) in [5, 5.41) is 4.80. The van der Waals surface area contributed by atoms with Crippen LogP contribution < -0.4 is 4.74 Å². The average molecular weight is 317 g/mol. The molecular formula is C16H17ClN4O. The highest BCUT2D eigenvalue weighted by Crippen LogP contribution is 2.35. The molecule has 0 unspecified atom stereocenters. The number of hydrogen-bond donors (Lipinski definition) is 0. The predicted octanol–water partition coefficient (Wildman–Crippen LogP) is 3.69. The van der Waals surface area contributed by atoms with Crippen LogP contribution in [0.3, 0.4) is 0 Å². The fourth-order valence-electron chi connectivity index (χ4n) is 2.83. The van der Waals surface area contributed by atoms with Crippen molar-refractivity contribution in [1.82, 2.24) is 19.6 Å². The van der Waals surface area contributed by atoms with Gasteiger partial charge >= 0.3 is 0 Å². The largest absolute Gasteiger partial charge is 0.497 e. The summed E-state index contributed by atoms with van der Waals surface area (Å²) in [5.41, 5.74) is 5.93. The van der Waals surface area contributed by atoms with Gasteiger partial charge in [-0.1, -0.05) is 0 Å². The van der Waals surface area contributed by atoms with Gasteiger partial charge in [0, 0.05) is 0 Å². The topological polar surface area (TPSA) is 52.3 Å². The minimum absolute atomic E-state index is 0.320. The van der Waals surface area contributed by atoms with Crippen molar-refractivity contribution < 1.29 is 4.74 Å². The molecule has 2 aromatic heterocycles. The van der Waals surface area contributed by atoms with Crippen LogP contribution in [0, 0.1) is 27.7 Å². The number of ether oxygens (including phenoxy) is 1. The van der Waals surface area contributed by atoms with Gasteiger partial charge in [0.15, 0.2) is 5.65 Å². The molecule has 0 atom stereocenters. The summed E-state index contributed by atoms with van der Waals surface area (Å²) in [6.45, 7) is 7.90. The van der Waals surface area contributed by atoms with Gasteiger partial charge in [0.1, 0.15) is 11.6 Å². The Bertz CT molecular complexity index is 862. The van der Waals surface area contributed by atoms with E-state index >= 15 is 0 Å². The molecule has 22 heavy (non-hydrogen) atoms. The van der Waals surface area contributed by atoms with E-state index in [2.05, 4.69) is 28.9 Å². The molecule has 0 aliphatic heterocycles. The van der Waals surface area contributed by atoms with Crippen LogP contribution in [-0.4, -0.2) is 26.7 Å². The van der Waals surface area contributed by atoms with Crippen LogP contribution in [0.4, 0.5) is 0 Å². The number of fused-ring (bicyclic) bond motifs is 1. The maximum Gasteiger partial charge on any atom is 0.227 e. The third kappa shape index (κ3) is 2.22. The standard InChI is InChI=1S/C16H17ClN4O/c1-8-6-12(22-5)7-9(2)13(8)14-10(3)20-21-15(14)18-11(4)19-16(21)17/h6-7H,1-5H3. The van der Waals surface area contributed by atoms with Gasteiger partial charge in [0.2, 0.25) is 5.28 Å². The van der Waals surface area contributed by atoms with E-state index in [1.807, 2.05) is 26.0 Å². The first-order chi connectivity index (χ1) is 10.4. The van der Waals surface area contributed by atoms with Crippen molar-refractivity contribution in [2.24, 2.45) is 0 Å². The molecule has 0 spiro atoms. The normalized spacial score (nSPS) is 11.2. The van der Waals surface area contributed by atoms with E-state index < -0.39 is 0 Å². The molecule has 6 heteroatoms. The first-order valence-electron chi connectivity index (χ1n) is 6.97. The molecule has 0 radical (unpaired) electrons. The van der Waals surface area contributed by atoms with E-state index in [0.29, 0.717) is 11.1 Å². The van der Waals surface area contributed by atoms with Gasteiger partial charge in [-0.2, -0.15) is 9.61 Å². The highest BCUT2D eigenvalue weighted by Gasteiger charge is 2.19. The fourth-order valence-corrected chi connectivity index (χ4v) is 3.07. The maximum atomic E-state index is 6.19. The van der Waals surface area contributed by atoms with Gasteiger partial charge < -0.3 is 4.74 Å². The second kappa shape index (κ2) is 5.25. The molecule has 0 aliphatic rings. The molecule has 2 heterocycles. The van der Waals surface area contributed by atoms with Crippen LogP contribution in [0.25, 0.3) is 16.8 Å². The number of hydrogen-bond acceptors (Lipinski definition) is 4. The first-order valence-corrected chi connectivity index (χ1v) is 7.35. The minimum Gasteiger partial charge on any atom is -0.497 e. The molecule has 3 rings (SSSR count). The van der Waals surface area contributed by atoms with Crippen molar-refractivity contribution in [3.8, 4) is 16.9 Å². The van der Waals surface area contributed by atoms with E-state index in [9.17, 15) is 0 Å². The van der Waals surface area contributed by atoms with Crippen molar-refractivity contribution >= 4 is 17.2 Å². The lowest BCUT2D eigenvalue weighted by atomic mass is 9.95. The Labute approximate surface area is 133 Å². The van der Waals surface area contributed by atoms with Crippen LogP contribution in [0.1, 0.15) is 22.6 Å². The monoisotopic (exact) mass is 316 g/mol. The molecule has 0 bridgehead atoms. The van der Waals surface area contributed by atoms with E-state index in [-0.39, 0.29) is 0 Å². The number of methoxy groups -OCH3 is 1. The van der Waals surface area contributed by atoms with Crippen LogP contribution >= 0.6 is 11.6 Å². The number of benzene rings is 1. The lowest BCUT2D eigenvalue weighted by Crippen LogP contribution is -1.99. The predicted molar refractivity (Wildman–Crippen MR) is 86.7 cm³/mol. The third-order valence-corrected chi connectivity index (χ3v) is 3.97. The average Bonchev–Trinajstić information content (AvgIpc) is 2.75.